The Bertz CT molecular complexity index is 254. The Kier molecular flexibility index (Phi) is 2.90. The second kappa shape index (κ2) is 3.98. The summed E-state index contributed by atoms with van der Waals surface area (Å²) in [5.74, 6) is 0.875. The van der Waals surface area contributed by atoms with Crippen molar-refractivity contribution < 1.29 is 13.9 Å². The van der Waals surface area contributed by atoms with Gasteiger partial charge in [-0.3, -0.25) is 0 Å². The molecule has 0 N–H and O–H groups in total. The second-order valence-corrected chi connectivity index (χ2v) is 5.50. The maximum absolute atomic E-state index is 5.50. The summed E-state index contributed by atoms with van der Waals surface area (Å²) in [6, 6.07) is 3.78. The standard InChI is InChI=1S/C9H11IO3/c10-9(6-12-7-9)5-11-4-8-2-1-3-13-8/h1-3H,4-7H2. The lowest BCUT2D eigenvalue weighted by molar-refractivity contribution is -0.0455. The lowest BCUT2D eigenvalue weighted by Gasteiger charge is -2.35. The van der Waals surface area contributed by atoms with Gasteiger partial charge < -0.3 is 13.9 Å². The fourth-order valence-electron chi connectivity index (χ4n) is 1.14. The molecule has 0 radical (unpaired) electrons. The fourth-order valence-corrected chi connectivity index (χ4v) is 1.80. The zero-order valence-corrected chi connectivity index (χ0v) is 9.32. The molecule has 0 saturated carbocycles. The molecule has 13 heavy (non-hydrogen) atoms. The predicted molar refractivity (Wildman–Crippen MR) is 55.9 cm³/mol. The molecule has 2 rings (SSSR count). The molecular weight excluding hydrogens is 283 g/mol. The third kappa shape index (κ3) is 2.45. The monoisotopic (exact) mass is 294 g/mol. The molecule has 0 aliphatic carbocycles. The highest BCUT2D eigenvalue weighted by atomic mass is 127. The number of hydrogen-bond acceptors (Lipinski definition) is 3. The third-order valence-corrected chi connectivity index (χ3v) is 2.84. The van der Waals surface area contributed by atoms with Crippen molar-refractivity contribution in [1.82, 2.24) is 0 Å². The molecule has 2 heterocycles. The average Bonchev–Trinajstić information content (AvgIpc) is 2.54. The van der Waals surface area contributed by atoms with E-state index in [0.29, 0.717) is 6.61 Å². The first kappa shape index (κ1) is 9.48. The average molecular weight is 294 g/mol. The van der Waals surface area contributed by atoms with Crippen LogP contribution < -0.4 is 0 Å². The Morgan fingerprint density at radius 1 is 1.54 bits per heavy atom. The smallest absolute Gasteiger partial charge is 0.129 e. The Balaban J connectivity index is 1.69. The molecule has 0 bridgehead atoms. The molecule has 1 aliphatic rings. The van der Waals surface area contributed by atoms with Gasteiger partial charge in [-0.05, 0) is 12.1 Å². The van der Waals surface area contributed by atoms with Crippen molar-refractivity contribution in [2.75, 3.05) is 19.8 Å². The van der Waals surface area contributed by atoms with Crippen LogP contribution in [-0.4, -0.2) is 23.2 Å². The number of ether oxygens (including phenoxy) is 2. The number of furan rings is 1. The maximum Gasteiger partial charge on any atom is 0.129 e. The van der Waals surface area contributed by atoms with E-state index in [2.05, 4.69) is 22.6 Å². The van der Waals surface area contributed by atoms with E-state index in [4.69, 9.17) is 13.9 Å². The van der Waals surface area contributed by atoms with Crippen LogP contribution in [0.3, 0.4) is 0 Å². The number of halogens is 1. The SMILES string of the molecule is IC1(COCc2ccco2)COC1. The molecule has 0 spiro atoms. The molecule has 1 aromatic rings. The van der Waals surface area contributed by atoms with Crippen LogP contribution in [0.2, 0.25) is 0 Å². The summed E-state index contributed by atoms with van der Waals surface area (Å²) in [5.41, 5.74) is 0. The zero-order chi connectivity index (χ0) is 9.15. The predicted octanol–water partition coefficient (Wildman–Crippen LogP) is 2.00. The van der Waals surface area contributed by atoms with Crippen molar-refractivity contribution >= 4 is 22.6 Å². The number of alkyl halides is 1. The van der Waals surface area contributed by atoms with Gasteiger partial charge in [0.2, 0.25) is 0 Å². The summed E-state index contributed by atoms with van der Waals surface area (Å²) in [7, 11) is 0. The third-order valence-electron chi connectivity index (χ3n) is 1.91. The van der Waals surface area contributed by atoms with E-state index in [-0.39, 0.29) is 3.42 Å². The minimum absolute atomic E-state index is 0.199. The summed E-state index contributed by atoms with van der Waals surface area (Å²) in [5, 5.41) is 0. The Hall–Kier alpha value is -0.0700. The second-order valence-electron chi connectivity index (χ2n) is 3.22. The molecule has 4 heteroatoms. The van der Waals surface area contributed by atoms with E-state index < -0.39 is 0 Å². The van der Waals surface area contributed by atoms with E-state index in [1.165, 1.54) is 0 Å². The van der Waals surface area contributed by atoms with Crippen LogP contribution in [0.4, 0.5) is 0 Å². The van der Waals surface area contributed by atoms with Crippen LogP contribution in [-0.2, 0) is 16.1 Å². The highest BCUT2D eigenvalue weighted by Crippen LogP contribution is 2.28. The lowest BCUT2D eigenvalue weighted by Crippen LogP contribution is -2.47. The molecule has 1 aliphatic heterocycles. The van der Waals surface area contributed by atoms with Crippen LogP contribution in [0.1, 0.15) is 5.76 Å². The molecule has 1 saturated heterocycles. The van der Waals surface area contributed by atoms with Crippen molar-refractivity contribution in [3.63, 3.8) is 0 Å². The van der Waals surface area contributed by atoms with Crippen LogP contribution in [0, 0.1) is 0 Å². The first-order valence-corrected chi connectivity index (χ1v) is 5.23. The molecule has 0 aromatic carbocycles. The summed E-state index contributed by atoms with van der Waals surface area (Å²) in [4.78, 5) is 0. The number of hydrogen-bond donors (Lipinski definition) is 0. The van der Waals surface area contributed by atoms with E-state index in [9.17, 15) is 0 Å². The van der Waals surface area contributed by atoms with Crippen LogP contribution >= 0.6 is 22.6 Å². The number of rotatable bonds is 4. The van der Waals surface area contributed by atoms with E-state index >= 15 is 0 Å². The summed E-state index contributed by atoms with van der Waals surface area (Å²) in [6.07, 6.45) is 1.66. The summed E-state index contributed by atoms with van der Waals surface area (Å²) in [6.45, 7) is 2.88. The van der Waals surface area contributed by atoms with Crippen molar-refractivity contribution in [2.45, 2.75) is 10.0 Å². The zero-order valence-electron chi connectivity index (χ0n) is 7.16. The minimum atomic E-state index is 0.199. The molecule has 72 valence electrons. The Morgan fingerprint density at radius 3 is 2.92 bits per heavy atom. The summed E-state index contributed by atoms with van der Waals surface area (Å²) < 4.78 is 16.0. The first-order valence-electron chi connectivity index (χ1n) is 4.15. The van der Waals surface area contributed by atoms with Gasteiger partial charge in [-0.2, -0.15) is 0 Å². The molecule has 1 aromatic heterocycles. The quantitative estimate of drug-likeness (QED) is 0.629. The van der Waals surface area contributed by atoms with Gasteiger partial charge >= 0.3 is 0 Å². The highest BCUT2D eigenvalue weighted by molar-refractivity contribution is 14.1. The maximum atomic E-state index is 5.50. The van der Waals surface area contributed by atoms with E-state index in [1.54, 1.807) is 6.26 Å². The topological polar surface area (TPSA) is 31.6 Å². The van der Waals surface area contributed by atoms with Crippen molar-refractivity contribution in [3.8, 4) is 0 Å². The van der Waals surface area contributed by atoms with Crippen LogP contribution in [0.15, 0.2) is 22.8 Å². The van der Waals surface area contributed by atoms with Gasteiger partial charge in [-0.1, -0.05) is 22.6 Å². The van der Waals surface area contributed by atoms with Gasteiger partial charge in [0.05, 0.1) is 29.5 Å². The van der Waals surface area contributed by atoms with Crippen molar-refractivity contribution in [2.24, 2.45) is 0 Å². The molecule has 0 unspecified atom stereocenters. The largest absolute Gasteiger partial charge is 0.467 e. The van der Waals surface area contributed by atoms with Gasteiger partial charge in [-0.25, -0.2) is 0 Å². The van der Waals surface area contributed by atoms with Gasteiger partial charge in [-0.15, -0.1) is 0 Å². The highest BCUT2D eigenvalue weighted by Gasteiger charge is 2.35. The van der Waals surface area contributed by atoms with Gasteiger partial charge in [0.1, 0.15) is 12.4 Å². The summed E-state index contributed by atoms with van der Waals surface area (Å²) >= 11 is 2.39. The molecule has 3 nitrogen and oxygen atoms in total. The van der Waals surface area contributed by atoms with Gasteiger partial charge in [0.25, 0.3) is 0 Å². The minimum Gasteiger partial charge on any atom is -0.467 e. The molecule has 0 atom stereocenters. The molecule has 0 amide bonds. The van der Waals surface area contributed by atoms with Gasteiger partial charge in [0, 0.05) is 0 Å². The normalized spacial score (nSPS) is 19.8. The van der Waals surface area contributed by atoms with Gasteiger partial charge in [0.15, 0.2) is 0 Å². The first-order chi connectivity index (χ1) is 6.29. The van der Waals surface area contributed by atoms with E-state index in [0.717, 1.165) is 25.6 Å². The fraction of sp³-hybridized carbons (Fsp3) is 0.556. The van der Waals surface area contributed by atoms with Crippen LogP contribution in [0.25, 0.3) is 0 Å². The molecule has 1 fully saturated rings. The Labute approximate surface area is 90.5 Å². The lowest BCUT2D eigenvalue weighted by atomic mass is 10.1. The molecular formula is C9H11IO3. The van der Waals surface area contributed by atoms with Crippen molar-refractivity contribution in [3.05, 3.63) is 24.2 Å². The van der Waals surface area contributed by atoms with Crippen LogP contribution in [0.5, 0.6) is 0 Å². The van der Waals surface area contributed by atoms with Crippen molar-refractivity contribution in [1.29, 1.82) is 0 Å². The van der Waals surface area contributed by atoms with E-state index in [1.807, 2.05) is 12.1 Å². The Morgan fingerprint density at radius 2 is 2.38 bits per heavy atom.